The Hall–Kier alpha value is -1.92. The number of anilines is 2. The maximum absolute atomic E-state index is 13.4. The number of nitrogens with one attached hydrogen (secondary N) is 1. The van der Waals surface area contributed by atoms with E-state index in [1.54, 1.807) is 0 Å². The molecule has 1 aromatic carbocycles. The average molecular weight is 386 g/mol. The van der Waals surface area contributed by atoms with Crippen molar-refractivity contribution in [3.8, 4) is 0 Å². The summed E-state index contributed by atoms with van der Waals surface area (Å²) in [6.07, 6.45) is 6.77. The van der Waals surface area contributed by atoms with E-state index in [-0.39, 0.29) is 11.8 Å². The summed E-state index contributed by atoms with van der Waals surface area (Å²) < 4.78 is 5.51. The second-order valence-electron chi connectivity index (χ2n) is 8.30. The summed E-state index contributed by atoms with van der Waals surface area (Å²) in [6, 6.07) is 5.90. The zero-order chi connectivity index (χ0) is 19.6. The number of carbonyl (C=O) groups is 2. The van der Waals surface area contributed by atoms with Crippen molar-refractivity contribution in [3.63, 3.8) is 0 Å². The molecule has 3 aliphatic rings. The molecule has 2 amide bonds. The van der Waals surface area contributed by atoms with Gasteiger partial charge in [0.25, 0.3) is 0 Å². The fourth-order valence-electron chi connectivity index (χ4n) is 5.00. The summed E-state index contributed by atoms with van der Waals surface area (Å²) in [6.45, 7) is 5.84. The van der Waals surface area contributed by atoms with Gasteiger partial charge in [0.2, 0.25) is 11.8 Å². The SMILES string of the molecule is Cc1cc(NC(=O)C2(N3CCOCC3)CCCCC2)ccc1N1CCCC1=O. The smallest absolute Gasteiger partial charge is 0.244 e. The van der Waals surface area contributed by atoms with Gasteiger partial charge in [0.15, 0.2) is 0 Å². The fraction of sp³-hybridized carbons (Fsp3) is 0.636. The summed E-state index contributed by atoms with van der Waals surface area (Å²) >= 11 is 0. The topological polar surface area (TPSA) is 61.9 Å². The summed E-state index contributed by atoms with van der Waals surface area (Å²) in [5.74, 6) is 0.298. The molecule has 28 heavy (non-hydrogen) atoms. The molecule has 0 bridgehead atoms. The number of hydrogen-bond donors (Lipinski definition) is 1. The molecule has 0 atom stereocenters. The van der Waals surface area contributed by atoms with Crippen LogP contribution in [0, 0.1) is 6.92 Å². The molecule has 3 fully saturated rings. The van der Waals surface area contributed by atoms with Gasteiger partial charge in [-0.1, -0.05) is 19.3 Å². The Balaban J connectivity index is 1.52. The van der Waals surface area contributed by atoms with Gasteiger partial charge >= 0.3 is 0 Å². The molecule has 4 rings (SSSR count). The largest absolute Gasteiger partial charge is 0.379 e. The monoisotopic (exact) mass is 385 g/mol. The predicted octanol–water partition coefficient (Wildman–Crippen LogP) is 3.10. The molecule has 1 saturated carbocycles. The van der Waals surface area contributed by atoms with Crippen LogP contribution in [0.1, 0.15) is 50.5 Å². The summed E-state index contributed by atoms with van der Waals surface area (Å²) in [7, 11) is 0. The van der Waals surface area contributed by atoms with E-state index in [0.717, 1.165) is 68.7 Å². The minimum absolute atomic E-state index is 0.110. The molecule has 2 heterocycles. The zero-order valence-corrected chi connectivity index (χ0v) is 16.8. The van der Waals surface area contributed by atoms with Crippen molar-refractivity contribution < 1.29 is 14.3 Å². The van der Waals surface area contributed by atoms with E-state index in [9.17, 15) is 9.59 Å². The number of nitrogens with zero attached hydrogens (tertiary/aromatic N) is 2. The van der Waals surface area contributed by atoms with E-state index in [4.69, 9.17) is 4.74 Å². The Morgan fingerprint density at radius 2 is 1.82 bits per heavy atom. The van der Waals surface area contributed by atoms with Crippen LogP contribution < -0.4 is 10.2 Å². The standard InChI is InChI=1S/C22H31N3O3/c1-17-16-18(7-8-19(17)25-11-5-6-20(25)26)23-21(27)22(9-3-2-4-10-22)24-12-14-28-15-13-24/h7-8,16H,2-6,9-15H2,1H3,(H,23,27). The quantitative estimate of drug-likeness (QED) is 0.865. The second-order valence-corrected chi connectivity index (χ2v) is 8.30. The van der Waals surface area contributed by atoms with Gasteiger partial charge in [-0.05, 0) is 49.9 Å². The number of benzene rings is 1. The fourth-order valence-corrected chi connectivity index (χ4v) is 5.00. The molecule has 0 aromatic heterocycles. The molecular formula is C22H31N3O3. The lowest BCUT2D eigenvalue weighted by molar-refractivity contribution is -0.134. The van der Waals surface area contributed by atoms with Gasteiger partial charge in [0.1, 0.15) is 5.54 Å². The minimum Gasteiger partial charge on any atom is -0.379 e. The van der Waals surface area contributed by atoms with Crippen LogP contribution in [0.15, 0.2) is 18.2 Å². The van der Waals surface area contributed by atoms with Gasteiger partial charge in [-0.3, -0.25) is 14.5 Å². The van der Waals surface area contributed by atoms with Gasteiger partial charge in [-0.15, -0.1) is 0 Å². The zero-order valence-electron chi connectivity index (χ0n) is 16.8. The average Bonchev–Trinajstić information content (AvgIpc) is 3.15. The Morgan fingerprint density at radius 3 is 2.46 bits per heavy atom. The lowest BCUT2D eigenvalue weighted by Gasteiger charge is -2.46. The Kier molecular flexibility index (Phi) is 5.69. The molecule has 152 valence electrons. The number of ether oxygens (including phenoxy) is 1. The van der Waals surface area contributed by atoms with Crippen molar-refractivity contribution in [2.24, 2.45) is 0 Å². The van der Waals surface area contributed by atoms with Crippen LogP contribution in [0.5, 0.6) is 0 Å². The molecule has 0 radical (unpaired) electrons. The van der Waals surface area contributed by atoms with Gasteiger partial charge in [-0.25, -0.2) is 0 Å². The highest BCUT2D eigenvalue weighted by molar-refractivity contribution is 5.99. The minimum atomic E-state index is -0.417. The Labute approximate surface area is 167 Å². The van der Waals surface area contributed by atoms with E-state index >= 15 is 0 Å². The molecule has 1 aromatic rings. The first kappa shape index (κ1) is 19.4. The number of rotatable bonds is 4. The summed E-state index contributed by atoms with van der Waals surface area (Å²) in [4.78, 5) is 29.7. The van der Waals surface area contributed by atoms with Crippen LogP contribution in [0.3, 0.4) is 0 Å². The van der Waals surface area contributed by atoms with E-state index in [1.807, 2.05) is 30.0 Å². The molecule has 2 saturated heterocycles. The van der Waals surface area contributed by atoms with Crippen molar-refractivity contribution in [1.82, 2.24) is 4.90 Å². The number of aryl methyl sites for hydroxylation is 1. The lowest BCUT2D eigenvalue weighted by atomic mass is 9.79. The maximum atomic E-state index is 13.4. The first-order chi connectivity index (χ1) is 13.6. The first-order valence-corrected chi connectivity index (χ1v) is 10.7. The molecule has 0 unspecified atom stereocenters. The summed E-state index contributed by atoms with van der Waals surface area (Å²) in [5.41, 5.74) is 2.38. The highest BCUT2D eigenvalue weighted by Gasteiger charge is 2.45. The number of amides is 2. The van der Waals surface area contributed by atoms with Crippen LogP contribution in [-0.4, -0.2) is 55.1 Å². The molecule has 6 heteroatoms. The molecule has 0 spiro atoms. The van der Waals surface area contributed by atoms with Gasteiger partial charge in [0, 0.05) is 37.4 Å². The van der Waals surface area contributed by atoms with E-state index in [2.05, 4.69) is 10.2 Å². The predicted molar refractivity (Wildman–Crippen MR) is 110 cm³/mol. The van der Waals surface area contributed by atoms with E-state index < -0.39 is 5.54 Å². The van der Waals surface area contributed by atoms with Crippen LogP contribution >= 0.6 is 0 Å². The number of carbonyl (C=O) groups excluding carboxylic acids is 2. The first-order valence-electron chi connectivity index (χ1n) is 10.7. The van der Waals surface area contributed by atoms with Gasteiger partial charge in [0.05, 0.1) is 13.2 Å². The molecule has 6 nitrogen and oxygen atoms in total. The van der Waals surface area contributed by atoms with Gasteiger partial charge in [-0.2, -0.15) is 0 Å². The Morgan fingerprint density at radius 1 is 1.07 bits per heavy atom. The second kappa shape index (κ2) is 8.21. The lowest BCUT2D eigenvalue weighted by Crippen LogP contribution is -2.60. The normalized spacial score (nSPS) is 23.0. The number of morpholine rings is 1. The van der Waals surface area contributed by atoms with Crippen LogP contribution in [0.25, 0.3) is 0 Å². The van der Waals surface area contributed by atoms with Gasteiger partial charge < -0.3 is 15.0 Å². The van der Waals surface area contributed by atoms with E-state index in [0.29, 0.717) is 19.6 Å². The van der Waals surface area contributed by atoms with Crippen LogP contribution in [0.4, 0.5) is 11.4 Å². The third-order valence-electron chi connectivity index (χ3n) is 6.54. The molecule has 1 aliphatic carbocycles. The molecule has 2 aliphatic heterocycles. The highest BCUT2D eigenvalue weighted by Crippen LogP contribution is 2.36. The van der Waals surface area contributed by atoms with Crippen molar-refractivity contribution in [2.45, 2.75) is 57.4 Å². The molecular weight excluding hydrogens is 354 g/mol. The maximum Gasteiger partial charge on any atom is 0.244 e. The third-order valence-corrected chi connectivity index (χ3v) is 6.54. The third kappa shape index (κ3) is 3.67. The van der Waals surface area contributed by atoms with Crippen molar-refractivity contribution in [3.05, 3.63) is 23.8 Å². The van der Waals surface area contributed by atoms with Crippen molar-refractivity contribution in [1.29, 1.82) is 0 Å². The van der Waals surface area contributed by atoms with Crippen LogP contribution in [0.2, 0.25) is 0 Å². The van der Waals surface area contributed by atoms with Crippen molar-refractivity contribution >= 4 is 23.2 Å². The number of hydrogen-bond acceptors (Lipinski definition) is 4. The van der Waals surface area contributed by atoms with Crippen molar-refractivity contribution in [2.75, 3.05) is 43.1 Å². The highest BCUT2D eigenvalue weighted by atomic mass is 16.5. The Bertz CT molecular complexity index is 737. The van der Waals surface area contributed by atoms with Crippen LogP contribution in [-0.2, 0) is 14.3 Å². The molecule has 1 N–H and O–H groups in total. The van der Waals surface area contributed by atoms with E-state index in [1.165, 1.54) is 6.42 Å². The summed E-state index contributed by atoms with van der Waals surface area (Å²) in [5, 5.41) is 3.19.